The number of carbonyl (C=O) groups is 1. The summed E-state index contributed by atoms with van der Waals surface area (Å²) in [5, 5.41) is 1.27. The number of H-pyrrole nitrogens is 1. The van der Waals surface area contributed by atoms with E-state index < -0.39 is 6.29 Å². The van der Waals surface area contributed by atoms with E-state index in [-0.39, 0.29) is 17.8 Å². The fraction of sp³-hybridized carbons (Fsp3) is 0.474. The van der Waals surface area contributed by atoms with Crippen molar-refractivity contribution in [2.75, 3.05) is 24.7 Å². The molecule has 1 aliphatic rings. The van der Waals surface area contributed by atoms with Crippen LogP contribution in [-0.2, 0) is 14.2 Å². The number of nitrogens with zero attached hydrogens (tertiary/aromatic N) is 1. The van der Waals surface area contributed by atoms with Crippen LogP contribution in [0.4, 0.5) is 10.5 Å². The van der Waals surface area contributed by atoms with E-state index in [0.29, 0.717) is 36.5 Å². The number of aromatic amines is 1. The number of rotatable bonds is 7. The number of hydrogen-bond acceptors (Lipinski definition) is 5. The first-order valence-corrected chi connectivity index (χ1v) is 8.95. The average molecular weight is 360 g/mol. The number of hydrogen-bond donors (Lipinski definition) is 1. The number of cyclic esters (lactones) is 1. The summed E-state index contributed by atoms with van der Waals surface area (Å²) in [6.45, 7) is 7.15. The molecule has 0 radical (unpaired) electrons. The predicted octanol–water partition coefficient (Wildman–Crippen LogP) is 3.33. The SMILES string of the molecule is CCOC(OCC)c1cc2ccc(N3C[C@H](CC)OC3=O)cc2c(=O)[nH]1. The molecule has 2 aromatic rings. The number of benzene rings is 1. The largest absolute Gasteiger partial charge is 0.444 e. The van der Waals surface area contributed by atoms with Crippen LogP contribution in [0.5, 0.6) is 0 Å². The molecule has 7 heteroatoms. The zero-order chi connectivity index (χ0) is 18.7. The number of aromatic nitrogens is 1. The van der Waals surface area contributed by atoms with E-state index in [4.69, 9.17) is 14.2 Å². The van der Waals surface area contributed by atoms with E-state index in [2.05, 4.69) is 4.98 Å². The van der Waals surface area contributed by atoms with Gasteiger partial charge in [0.2, 0.25) is 0 Å². The number of amides is 1. The van der Waals surface area contributed by atoms with Gasteiger partial charge in [-0.3, -0.25) is 9.69 Å². The average Bonchev–Trinajstić information content (AvgIpc) is 3.02. The Morgan fingerprint density at radius 3 is 2.54 bits per heavy atom. The third-order valence-electron chi connectivity index (χ3n) is 4.38. The Hall–Kier alpha value is -2.38. The third-order valence-corrected chi connectivity index (χ3v) is 4.38. The number of anilines is 1. The van der Waals surface area contributed by atoms with Gasteiger partial charge in [-0.25, -0.2) is 4.79 Å². The molecule has 7 nitrogen and oxygen atoms in total. The Labute approximate surface area is 151 Å². The van der Waals surface area contributed by atoms with E-state index in [0.717, 1.165) is 11.8 Å². The summed E-state index contributed by atoms with van der Waals surface area (Å²) >= 11 is 0. The van der Waals surface area contributed by atoms with E-state index >= 15 is 0 Å². The second-order valence-electron chi connectivity index (χ2n) is 6.09. The maximum absolute atomic E-state index is 12.6. The topological polar surface area (TPSA) is 80.9 Å². The Balaban J connectivity index is 1.96. The lowest BCUT2D eigenvalue weighted by molar-refractivity contribution is -0.142. The van der Waals surface area contributed by atoms with Gasteiger partial charge in [-0.05, 0) is 43.9 Å². The molecule has 140 valence electrons. The highest BCUT2D eigenvalue weighted by Crippen LogP contribution is 2.27. The lowest BCUT2D eigenvalue weighted by atomic mass is 10.1. The number of carbonyl (C=O) groups excluding carboxylic acids is 1. The molecule has 1 amide bonds. The van der Waals surface area contributed by atoms with Crippen LogP contribution in [0.1, 0.15) is 39.2 Å². The second kappa shape index (κ2) is 7.88. The molecule has 3 rings (SSSR count). The summed E-state index contributed by atoms with van der Waals surface area (Å²) in [6, 6.07) is 7.20. The van der Waals surface area contributed by atoms with Crippen molar-refractivity contribution in [1.82, 2.24) is 4.98 Å². The van der Waals surface area contributed by atoms with Gasteiger partial charge in [0.25, 0.3) is 5.56 Å². The van der Waals surface area contributed by atoms with Gasteiger partial charge < -0.3 is 19.2 Å². The zero-order valence-electron chi connectivity index (χ0n) is 15.3. The Bertz CT molecular complexity index is 841. The van der Waals surface area contributed by atoms with E-state index in [1.54, 1.807) is 11.0 Å². The third kappa shape index (κ3) is 3.59. The van der Waals surface area contributed by atoms with Gasteiger partial charge in [-0.15, -0.1) is 0 Å². The molecule has 1 N–H and O–H groups in total. The van der Waals surface area contributed by atoms with Gasteiger partial charge >= 0.3 is 6.09 Å². The molecule has 26 heavy (non-hydrogen) atoms. The van der Waals surface area contributed by atoms with Crippen molar-refractivity contribution in [3.63, 3.8) is 0 Å². The minimum Gasteiger partial charge on any atom is -0.444 e. The number of nitrogens with one attached hydrogen (secondary N) is 1. The van der Waals surface area contributed by atoms with Gasteiger partial charge in [0.15, 0.2) is 6.29 Å². The van der Waals surface area contributed by atoms with Crippen molar-refractivity contribution in [1.29, 1.82) is 0 Å². The van der Waals surface area contributed by atoms with Crippen molar-refractivity contribution in [3.8, 4) is 0 Å². The molecular weight excluding hydrogens is 336 g/mol. The highest BCUT2D eigenvalue weighted by atomic mass is 16.7. The van der Waals surface area contributed by atoms with Crippen molar-refractivity contribution in [3.05, 3.63) is 40.3 Å². The van der Waals surface area contributed by atoms with Crippen LogP contribution in [0.3, 0.4) is 0 Å². The van der Waals surface area contributed by atoms with Crippen LogP contribution >= 0.6 is 0 Å². The summed E-state index contributed by atoms with van der Waals surface area (Å²) in [4.78, 5) is 29.0. The summed E-state index contributed by atoms with van der Waals surface area (Å²) in [6.07, 6.45) is -0.342. The van der Waals surface area contributed by atoms with Gasteiger partial charge in [0.05, 0.1) is 12.2 Å². The van der Waals surface area contributed by atoms with Crippen molar-refractivity contribution in [2.45, 2.75) is 39.6 Å². The minimum atomic E-state index is -0.611. The van der Waals surface area contributed by atoms with Crippen LogP contribution in [0.2, 0.25) is 0 Å². The zero-order valence-corrected chi connectivity index (χ0v) is 15.3. The van der Waals surface area contributed by atoms with E-state index in [1.165, 1.54) is 0 Å². The van der Waals surface area contributed by atoms with Crippen molar-refractivity contribution >= 4 is 22.6 Å². The molecule has 1 aliphatic heterocycles. The van der Waals surface area contributed by atoms with Crippen molar-refractivity contribution < 1.29 is 19.0 Å². The standard InChI is InChI=1S/C19H24N2O5/c1-4-14-11-21(19(23)26-14)13-8-7-12-9-16(18(24-5-2)25-6-3)20-17(22)15(12)10-13/h7-10,14,18H,4-6,11H2,1-3H3,(H,20,22)/t14-/m0/s1. The summed E-state index contributed by atoms with van der Waals surface area (Å²) in [5.74, 6) is 0. The molecule has 0 saturated carbocycles. The summed E-state index contributed by atoms with van der Waals surface area (Å²) in [5.41, 5.74) is 0.983. The fourth-order valence-electron chi connectivity index (χ4n) is 3.04. The van der Waals surface area contributed by atoms with Crippen LogP contribution in [0, 0.1) is 0 Å². The highest BCUT2D eigenvalue weighted by Gasteiger charge is 2.31. The smallest absolute Gasteiger partial charge is 0.414 e. The monoisotopic (exact) mass is 360 g/mol. The molecule has 0 spiro atoms. The maximum Gasteiger partial charge on any atom is 0.414 e. The van der Waals surface area contributed by atoms with Crippen LogP contribution in [0.25, 0.3) is 10.8 Å². The maximum atomic E-state index is 12.6. The molecule has 0 bridgehead atoms. The number of pyridine rings is 1. The number of ether oxygens (including phenoxy) is 3. The molecule has 1 saturated heterocycles. The molecule has 1 fully saturated rings. The van der Waals surface area contributed by atoms with Gasteiger partial charge in [-0.2, -0.15) is 0 Å². The normalized spacial score (nSPS) is 17.3. The molecule has 1 aromatic heterocycles. The van der Waals surface area contributed by atoms with E-state index in [9.17, 15) is 9.59 Å². The quantitative estimate of drug-likeness (QED) is 0.766. The molecule has 0 aliphatic carbocycles. The first kappa shape index (κ1) is 18.4. The lowest BCUT2D eigenvalue weighted by Crippen LogP contribution is -2.24. The van der Waals surface area contributed by atoms with Gasteiger partial charge in [0, 0.05) is 24.3 Å². The van der Waals surface area contributed by atoms with Gasteiger partial charge in [-0.1, -0.05) is 13.0 Å². The van der Waals surface area contributed by atoms with Crippen molar-refractivity contribution in [2.24, 2.45) is 0 Å². The summed E-state index contributed by atoms with van der Waals surface area (Å²) in [7, 11) is 0. The van der Waals surface area contributed by atoms with Crippen LogP contribution < -0.4 is 10.5 Å². The van der Waals surface area contributed by atoms with E-state index in [1.807, 2.05) is 39.0 Å². The fourth-order valence-corrected chi connectivity index (χ4v) is 3.04. The predicted molar refractivity (Wildman–Crippen MR) is 98.5 cm³/mol. The first-order valence-electron chi connectivity index (χ1n) is 8.95. The molecule has 2 heterocycles. The Kier molecular flexibility index (Phi) is 5.58. The summed E-state index contributed by atoms with van der Waals surface area (Å²) < 4.78 is 16.4. The second-order valence-corrected chi connectivity index (χ2v) is 6.09. The molecule has 1 aromatic carbocycles. The van der Waals surface area contributed by atoms with Crippen LogP contribution in [0.15, 0.2) is 29.1 Å². The minimum absolute atomic E-state index is 0.114. The molecule has 1 atom stereocenters. The highest BCUT2D eigenvalue weighted by molar-refractivity contribution is 5.94. The van der Waals surface area contributed by atoms with Crippen LogP contribution in [-0.4, -0.2) is 36.9 Å². The Morgan fingerprint density at radius 2 is 1.92 bits per heavy atom. The molecule has 0 unspecified atom stereocenters. The van der Waals surface area contributed by atoms with Gasteiger partial charge in [0.1, 0.15) is 6.10 Å². The first-order chi connectivity index (χ1) is 12.6. The molecular formula is C19H24N2O5. The Morgan fingerprint density at radius 1 is 1.19 bits per heavy atom. The lowest BCUT2D eigenvalue weighted by Gasteiger charge is -2.18. The number of fused-ring (bicyclic) bond motifs is 1.